The van der Waals surface area contributed by atoms with Crippen molar-refractivity contribution < 1.29 is 9.47 Å². The monoisotopic (exact) mass is 318 g/mol. The van der Waals surface area contributed by atoms with Gasteiger partial charge in [-0.25, -0.2) is 0 Å². The van der Waals surface area contributed by atoms with Crippen molar-refractivity contribution in [2.45, 2.75) is 38.8 Å². The lowest BCUT2D eigenvalue weighted by molar-refractivity contribution is 0.0478. The summed E-state index contributed by atoms with van der Waals surface area (Å²) in [5, 5.41) is 3.67. The molecule has 0 aromatic heterocycles. The molecule has 2 aliphatic rings. The summed E-state index contributed by atoms with van der Waals surface area (Å²) in [4.78, 5) is 2.61. The van der Waals surface area contributed by atoms with Gasteiger partial charge in [0.25, 0.3) is 0 Å². The minimum absolute atomic E-state index is 0.207. The van der Waals surface area contributed by atoms with Crippen molar-refractivity contribution in [3.05, 3.63) is 29.8 Å². The smallest absolute Gasteiger partial charge is 0.124 e. The van der Waals surface area contributed by atoms with Crippen LogP contribution in [0.15, 0.2) is 24.3 Å². The number of benzene rings is 1. The van der Waals surface area contributed by atoms with Gasteiger partial charge in [0.2, 0.25) is 0 Å². The van der Waals surface area contributed by atoms with Crippen molar-refractivity contribution in [1.29, 1.82) is 0 Å². The average Bonchev–Trinajstić information content (AvgIpc) is 2.56. The summed E-state index contributed by atoms with van der Waals surface area (Å²) >= 11 is 0. The molecule has 1 atom stereocenters. The minimum Gasteiger partial charge on any atom is -0.491 e. The van der Waals surface area contributed by atoms with Gasteiger partial charge in [0.1, 0.15) is 5.75 Å². The number of para-hydroxylation sites is 1. The van der Waals surface area contributed by atoms with E-state index in [1.54, 1.807) is 0 Å². The van der Waals surface area contributed by atoms with E-state index in [0.717, 1.165) is 44.5 Å². The van der Waals surface area contributed by atoms with E-state index < -0.39 is 0 Å². The first-order valence-corrected chi connectivity index (χ1v) is 9.01. The van der Waals surface area contributed by atoms with Gasteiger partial charge in [0, 0.05) is 51.0 Å². The van der Waals surface area contributed by atoms with Crippen LogP contribution in [0.2, 0.25) is 0 Å². The second kappa shape index (κ2) is 8.13. The van der Waals surface area contributed by atoms with E-state index in [1.165, 1.54) is 24.9 Å². The zero-order valence-corrected chi connectivity index (χ0v) is 14.5. The molecule has 1 aromatic carbocycles. The third-order valence-corrected chi connectivity index (χ3v) is 4.77. The molecule has 128 valence electrons. The van der Waals surface area contributed by atoms with Crippen molar-refractivity contribution in [2.24, 2.45) is 5.92 Å². The Morgan fingerprint density at radius 1 is 1.26 bits per heavy atom. The predicted octanol–water partition coefficient (Wildman–Crippen LogP) is 2.85. The maximum Gasteiger partial charge on any atom is 0.124 e. The lowest BCUT2D eigenvalue weighted by atomic mass is 9.97. The minimum atomic E-state index is 0.207. The van der Waals surface area contributed by atoms with Crippen LogP contribution in [0.3, 0.4) is 0 Å². The highest BCUT2D eigenvalue weighted by molar-refractivity contribution is 5.36. The normalized spacial score (nSPS) is 24.0. The van der Waals surface area contributed by atoms with Gasteiger partial charge in [0.15, 0.2) is 0 Å². The number of ether oxygens (including phenoxy) is 2. The predicted molar refractivity (Wildman–Crippen MR) is 92.9 cm³/mol. The van der Waals surface area contributed by atoms with Crippen LogP contribution < -0.4 is 10.1 Å². The summed E-state index contributed by atoms with van der Waals surface area (Å²) in [6.45, 7) is 10.5. The van der Waals surface area contributed by atoms with Gasteiger partial charge >= 0.3 is 0 Å². The molecule has 0 amide bonds. The molecule has 0 aliphatic carbocycles. The van der Waals surface area contributed by atoms with Crippen LogP contribution in [-0.4, -0.2) is 50.4 Å². The molecule has 3 rings (SSSR count). The largest absolute Gasteiger partial charge is 0.491 e. The zero-order valence-electron chi connectivity index (χ0n) is 14.5. The fourth-order valence-electron chi connectivity index (χ4n) is 3.61. The fraction of sp³-hybridized carbons (Fsp3) is 0.684. The Hall–Kier alpha value is -1.10. The Kier molecular flexibility index (Phi) is 5.92. The van der Waals surface area contributed by atoms with Crippen LogP contribution in [0.4, 0.5) is 0 Å². The molecule has 0 radical (unpaired) electrons. The Morgan fingerprint density at radius 3 is 2.83 bits per heavy atom. The van der Waals surface area contributed by atoms with Gasteiger partial charge in [-0.15, -0.1) is 0 Å². The maximum absolute atomic E-state index is 6.01. The van der Waals surface area contributed by atoms with Crippen LogP contribution in [0, 0.1) is 5.92 Å². The number of hydrogen-bond acceptors (Lipinski definition) is 4. The molecular weight excluding hydrogens is 288 g/mol. The maximum atomic E-state index is 6.01. The topological polar surface area (TPSA) is 33.7 Å². The molecule has 23 heavy (non-hydrogen) atoms. The van der Waals surface area contributed by atoms with Crippen LogP contribution in [-0.2, 0) is 4.74 Å². The van der Waals surface area contributed by atoms with Crippen LogP contribution in [0.25, 0.3) is 0 Å². The van der Waals surface area contributed by atoms with Gasteiger partial charge in [-0.05, 0) is 38.7 Å². The molecule has 0 bridgehead atoms. The second-order valence-corrected chi connectivity index (χ2v) is 7.03. The highest BCUT2D eigenvalue weighted by atomic mass is 16.5. The first kappa shape index (κ1) is 16.7. The number of nitrogens with zero attached hydrogens (tertiary/aromatic N) is 1. The quantitative estimate of drug-likeness (QED) is 0.905. The number of piperazine rings is 1. The summed E-state index contributed by atoms with van der Waals surface area (Å²) in [6, 6.07) is 8.83. The lowest BCUT2D eigenvalue weighted by Crippen LogP contribution is -2.47. The Bertz CT molecular complexity index is 486. The standard InChI is InChI=1S/C19H30N2O2/c1-15(2)23-19-6-4-3-5-17(19)18-14-21(10-9-20-18)13-16-7-11-22-12-8-16/h3-6,15-16,18,20H,7-14H2,1-2H3/t18-/m0/s1. The molecule has 2 aliphatic heterocycles. The molecule has 4 nitrogen and oxygen atoms in total. The Balaban J connectivity index is 1.64. The average molecular weight is 318 g/mol. The van der Waals surface area contributed by atoms with E-state index in [0.29, 0.717) is 6.04 Å². The van der Waals surface area contributed by atoms with Gasteiger partial charge in [-0.3, -0.25) is 4.90 Å². The van der Waals surface area contributed by atoms with Crippen LogP contribution in [0.5, 0.6) is 5.75 Å². The van der Waals surface area contributed by atoms with Gasteiger partial charge in [0.05, 0.1) is 6.10 Å². The third kappa shape index (κ3) is 4.69. The SMILES string of the molecule is CC(C)Oc1ccccc1[C@@H]1CN(CC2CCOCC2)CCN1. The van der Waals surface area contributed by atoms with Crippen molar-refractivity contribution in [3.8, 4) is 5.75 Å². The van der Waals surface area contributed by atoms with E-state index in [-0.39, 0.29) is 6.10 Å². The van der Waals surface area contributed by atoms with E-state index in [9.17, 15) is 0 Å². The summed E-state index contributed by atoms with van der Waals surface area (Å²) < 4.78 is 11.5. The van der Waals surface area contributed by atoms with Gasteiger partial charge < -0.3 is 14.8 Å². The third-order valence-electron chi connectivity index (χ3n) is 4.77. The Labute approximate surface area is 140 Å². The highest BCUT2D eigenvalue weighted by Crippen LogP contribution is 2.28. The van der Waals surface area contributed by atoms with Gasteiger partial charge in [-0.2, -0.15) is 0 Å². The molecular formula is C19H30N2O2. The summed E-state index contributed by atoms with van der Waals surface area (Å²) in [6.07, 6.45) is 2.63. The molecule has 2 saturated heterocycles. The summed E-state index contributed by atoms with van der Waals surface area (Å²) in [5.41, 5.74) is 1.29. The molecule has 1 aromatic rings. The summed E-state index contributed by atoms with van der Waals surface area (Å²) in [5.74, 6) is 1.82. The van der Waals surface area contributed by atoms with Crippen molar-refractivity contribution in [1.82, 2.24) is 10.2 Å². The molecule has 2 fully saturated rings. The number of hydrogen-bond donors (Lipinski definition) is 1. The van der Waals surface area contributed by atoms with Crippen molar-refractivity contribution in [2.75, 3.05) is 39.4 Å². The van der Waals surface area contributed by atoms with Gasteiger partial charge in [-0.1, -0.05) is 18.2 Å². The van der Waals surface area contributed by atoms with Crippen LogP contribution in [0.1, 0.15) is 38.3 Å². The molecule has 4 heteroatoms. The van der Waals surface area contributed by atoms with Crippen molar-refractivity contribution >= 4 is 0 Å². The molecule has 2 heterocycles. The van der Waals surface area contributed by atoms with Crippen LogP contribution >= 0.6 is 0 Å². The molecule has 0 saturated carbocycles. The van der Waals surface area contributed by atoms with E-state index in [2.05, 4.69) is 48.3 Å². The Morgan fingerprint density at radius 2 is 2.04 bits per heavy atom. The fourth-order valence-corrected chi connectivity index (χ4v) is 3.61. The summed E-state index contributed by atoms with van der Waals surface area (Å²) in [7, 11) is 0. The van der Waals surface area contributed by atoms with E-state index in [1.807, 2.05) is 0 Å². The second-order valence-electron chi connectivity index (χ2n) is 7.03. The zero-order chi connectivity index (χ0) is 16.1. The first-order valence-electron chi connectivity index (χ1n) is 9.01. The molecule has 0 spiro atoms. The first-order chi connectivity index (χ1) is 11.2. The van der Waals surface area contributed by atoms with E-state index >= 15 is 0 Å². The molecule has 0 unspecified atom stereocenters. The number of rotatable bonds is 5. The molecule has 1 N–H and O–H groups in total. The van der Waals surface area contributed by atoms with E-state index in [4.69, 9.17) is 9.47 Å². The number of nitrogens with one attached hydrogen (secondary N) is 1. The van der Waals surface area contributed by atoms with Crippen molar-refractivity contribution in [3.63, 3.8) is 0 Å². The highest BCUT2D eigenvalue weighted by Gasteiger charge is 2.25. The lowest BCUT2D eigenvalue weighted by Gasteiger charge is -2.37.